The van der Waals surface area contributed by atoms with Gasteiger partial charge in [0.2, 0.25) is 11.9 Å². The Balaban J connectivity index is 1.81. The molecule has 0 fully saturated rings. The maximum atomic E-state index is 12.8. The van der Waals surface area contributed by atoms with E-state index in [0.29, 0.717) is 17.3 Å². The summed E-state index contributed by atoms with van der Waals surface area (Å²) >= 11 is 0. The minimum atomic E-state index is -0.312. The maximum Gasteiger partial charge on any atom is 0.225 e. The molecule has 0 bridgehead atoms. The molecular formula is C15H12FN5O. The van der Waals surface area contributed by atoms with Gasteiger partial charge in [0.05, 0.1) is 0 Å². The minimum Gasteiger partial charge on any atom is -0.457 e. The van der Waals surface area contributed by atoms with Gasteiger partial charge in [0, 0.05) is 5.56 Å². The number of nitrogens with zero attached hydrogens (tertiary/aromatic N) is 3. The molecule has 0 atom stereocenters. The van der Waals surface area contributed by atoms with Crippen molar-refractivity contribution in [3.63, 3.8) is 0 Å². The molecule has 22 heavy (non-hydrogen) atoms. The summed E-state index contributed by atoms with van der Waals surface area (Å²) in [5, 5.41) is 0. The average Bonchev–Trinajstić information content (AvgIpc) is 2.49. The van der Waals surface area contributed by atoms with Gasteiger partial charge in [-0.25, -0.2) is 4.39 Å². The fourth-order valence-corrected chi connectivity index (χ4v) is 1.85. The lowest BCUT2D eigenvalue weighted by Gasteiger charge is -2.07. The van der Waals surface area contributed by atoms with Crippen LogP contribution in [0.1, 0.15) is 0 Å². The van der Waals surface area contributed by atoms with Crippen LogP contribution in [-0.4, -0.2) is 15.0 Å². The molecule has 110 valence electrons. The van der Waals surface area contributed by atoms with Gasteiger partial charge in [-0.3, -0.25) is 0 Å². The van der Waals surface area contributed by atoms with Crippen molar-refractivity contribution in [3.05, 3.63) is 54.3 Å². The molecule has 0 aliphatic carbocycles. The van der Waals surface area contributed by atoms with E-state index in [9.17, 15) is 4.39 Å². The SMILES string of the molecule is Nc1nc(N)nc(-c2ccc(Oc3ccc(F)cc3)cc2)n1. The highest BCUT2D eigenvalue weighted by atomic mass is 19.1. The van der Waals surface area contributed by atoms with Crippen LogP contribution in [0.25, 0.3) is 11.4 Å². The van der Waals surface area contributed by atoms with Crippen molar-refractivity contribution in [2.24, 2.45) is 0 Å². The summed E-state index contributed by atoms with van der Waals surface area (Å²) in [5.41, 5.74) is 11.8. The zero-order valence-electron chi connectivity index (χ0n) is 11.4. The van der Waals surface area contributed by atoms with Crippen molar-refractivity contribution < 1.29 is 9.13 Å². The number of rotatable bonds is 3. The zero-order valence-corrected chi connectivity index (χ0v) is 11.4. The van der Waals surface area contributed by atoms with Crippen molar-refractivity contribution in [2.45, 2.75) is 0 Å². The summed E-state index contributed by atoms with van der Waals surface area (Å²) in [6.07, 6.45) is 0. The van der Waals surface area contributed by atoms with E-state index in [4.69, 9.17) is 16.2 Å². The van der Waals surface area contributed by atoms with Crippen LogP contribution in [0, 0.1) is 5.82 Å². The van der Waals surface area contributed by atoms with E-state index in [2.05, 4.69) is 15.0 Å². The summed E-state index contributed by atoms with van der Waals surface area (Å²) in [6, 6.07) is 12.8. The lowest BCUT2D eigenvalue weighted by Crippen LogP contribution is -2.04. The van der Waals surface area contributed by atoms with Crippen LogP contribution in [0.4, 0.5) is 16.3 Å². The van der Waals surface area contributed by atoms with Crippen LogP contribution in [0.5, 0.6) is 11.5 Å². The number of hydrogen-bond acceptors (Lipinski definition) is 6. The Morgan fingerprint density at radius 3 is 1.77 bits per heavy atom. The average molecular weight is 297 g/mol. The Kier molecular flexibility index (Phi) is 3.53. The first-order valence-electron chi connectivity index (χ1n) is 6.41. The molecule has 0 spiro atoms. The zero-order chi connectivity index (χ0) is 15.5. The van der Waals surface area contributed by atoms with Gasteiger partial charge in [-0.05, 0) is 48.5 Å². The molecule has 1 heterocycles. The molecule has 6 nitrogen and oxygen atoms in total. The number of nitrogens with two attached hydrogens (primary N) is 2. The number of hydrogen-bond donors (Lipinski definition) is 2. The number of halogens is 1. The van der Waals surface area contributed by atoms with Crippen LogP contribution in [-0.2, 0) is 0 Å². The molecule has 0 aliphatic rings. The second kappa shape index (κ2) is 5.65. The van der Waals surface area contributed by atoms with E-state index in [0.717, 1.165) is 5.56 Å². The Hall–Kier alpha value is -3.22. The summed E-state index contributed by atoms with van der Waals surface area (Å²) < 4.78 is 18.4. The number of nitrogen functional groups attached to an aromatic ring is 2. The van der Waals surface area contributed by atoms with Crippen molar-refractivity contribution >= 4 is 11.9 Å². The van der Waals surface area contributed by atoms with E-state index in [1.54, 1.807) is 36.4 Å². The molecule has 1 aromatic heterocycles. The summed E-state index contributed by atoms with van der Waals surface area (Å²) in [6.45, 7) is 0. The van der Waals surface area contributed by atoms with Gasteiger partial charge < -0.3 is 16.2 Å². The minimum absolute atomic E-state index is 0.0640. The molecule has 0 amide bonds. The van der Waals surface area contributed by atoms with Gasteiger partial charge in [-0.1, -0.05) is 0 Å². The first kappa shape index (κ1) is 13.7. The maximum absolute atomic E-state index is 12.8. The first-order chi connectivity index (χ1) is 10.6. The van der Waals surface area contributed by atoms with Crippen molar-refractivity contribution in [1.82, 2.24) is 15.0 Å². The van der Waals surface area contributed by atoms with E-state index < -0.39 is 0 Å². The highest BCUT2D eigenvalue weighted by Gasteiger charge is 2.06. The van der Waals surface area contributed by atoms with Crippen molar-refractivity contribution in [3.8, 4) is 22.9 Å². The Morgan fingerprint density at radius 1 is 0.727 bits per heavy atom. The normalized spacial score (nSPS) is 10.4. The van der Waals surface area contributed by atoms with Crippen LogP contribution >= 0.6 is 0 Å². The lowest BCUT2D eigenvalue weighted by molar-refractivity contribution is 0.480. The van der Waals surface area contributed by atoms with Gasteiger partial charge in [0.1, 0.15) is 17.3 Å². The van der Waals surface area contributed by atoms with Crippen molar-refractivity contribution in [2.75, 3.05) is 11.5 Å². The third-order valence-electron chi connectivity index (χ3n) is 2.83. The van der Waals surface area contributed by atoms with Crippen LogP contribution in [0.2, 0.25) is 0 Å². The molecular weight excluding hydrogens is 285 g/mol. The lowest BCUT2D eigenvalue weighted by atomic mass is 10.2. The second-order valence-corrected chi connectivity index (χ2v) is 4.46. The third-order valence-corrected chi connectivity index (χ3v) is 2.83. The molecule has 3 aromatic rings. The highest BCUT2D eigenvalue weighted by molar-refractivity contribution is 5.58. The van der Waals surface area contributed by atoms with Crippen LogP contribution in [0.15, 0.2) is 48.5 Å². The fourth-order valence-electron chi connectivity index (χ4n) is 1.85. The monoisotopic (exact) mass is 297 g/mol. The number of anilines is 2. The molecule has 3 rings (SSSR count). The van der Waals surface area contributed by atoms with Gasteiger partial charge >= 0.3 is 0 Å². The smallest absolute Gasteiger partial charge is 0.225 e. The molecule has 0 unspecified atom stereocenters. The van der Waals surface area contributed by atoms with E-state index in [1.165, 1.54) is 12.1 Å². The molecule has 0 saturated carbocycles. The Labute approximate surface area is 125 Å². The summed E-state index contributed by atoms with van der Waals surface area (Å²) in [5.74, 6) is 1.35. The van der Waals surface area contributed by atoms with Gasteiger partial charge in [0.25, 0.3) is 0 Å². The molecule has 7 heteroatoms. The predicted octanol–water partition coefficient (Wildman–Crippen LogP) is 2.63. The number of aromatic nitrogens is 3. The Morgan fingerprint density at radius 2 is 1.23 bits per heavy atom. The molecule has 2 aromatic carbocycles. The molecule has 0 radical (unpaired) electrons. The number of benzene rings is 2. The first-order valence-corrected chi connectivity index (χ1v) is 6.41. The largest absolute Gasteiger partial charge is 0.457 e. The topological polar surface area (TPSA) is 99.9 Å². The molecule has 0 saturated heterocycles. The molecule has 0 aliphatic heterocycles. The van der Waals surface area contributed by atoms with Crippen LogP contribution < -0.4 is 16.2 Å². The summed E-state index contributed by atoms with van der Waals surface area (Å²) in [7, 11) is 0. The van der Waals surface area contributed by atoms with Crippen LogP contribution in [0.3, 0.4) is 0 Å². The quantitative estimate of drug-likeness (QED) is 0.770. The van der Waals surface area contributed by atoms with Gasteiger partial charge in [-0.2, -0.15) is 15.0 Å². The van der Waals surface area contributed by atoms with Gasteiger partial charge in [0.15, 0.2) is 5.82 Å². The highest BCUT2D eigenvalue weighted by Crippen LogP contribution is 2.24. The predicted molar refractivity (Wildman–Crippen MR) is 80.6 cm³/mol. The molecule has 4 N–H and O–H groups in total. The number of ether oxygens (including phenoxy) is 1. The van der Waals surface area contributed by atoms with E-state index >= 15 is 0 Å². The fraction of sp³-hybridized carbons (Fsp3) is 0. The second-order valence-electron chi connectivity index (χ2n) is 4.46. The van der Waals surface area contributed by atoms with E-state index in [1.807, 2.05) is 0 Å². The van der Waals surface area contributed by atoms with Crippen molar-refractivity contribution in [1.29, 1.82) is 0 Å². The van der Waals surface area contributed by atoms with Gasteiger partial charge in [-0.15, -0.1) is 0 Å². The standard InChI is InChI=1S/C15H12FN5O/c16-10-3-7-12(8-4-10)22-11-5-1-9(2-6-11)13-19-14(17)21-15(18)20-13/h1-8H,(H4,17,18,19,20,21). The third kappa shape index (κ3) is 3.09. The summed E-state index contributed by atoms with van der Waals surface area (Å²) in [4.78, 5) is 11.8. The Bertz CT molecular complexity index is 770. The van der Waals surface area contributed by atoms with E-state index in [-0.39, 0.29) is 17.7 Å².